The summed E-state index contributed by atoms with van der Waals surface area (Å²) in [5, 5.41) is 36.6. The Kier molecular flexibility index (Phi) is 4.16. The van der Waals surface area contributed by atoms with Gasteiger partial charge in [-0.1, -0.05) is 0 Å². The summed E-state index contributed by atoms with van der Waals surface area (Å²) in [5.74, 6) is 4.57. The number of hydrogen-bond acceptors (Lipinski definition) is 8. The second-order valence-electron chi connectivity index (χ2n) is 2.89. The van der Waals surface area contributed by atoms with E-state index in [1.807, 2.05) is 0 Å². The fraction of sp³-hybridized carbons (Fsp3) is 1.00. The minimum atomic E-state index is -1.53. The Hall–Kier alpha value is -0.320. The summed E-state index contributed by atoms with van der Waals surface area (Å²) < 4.78 is 4.72. The van der Waals surface area contributed by atoms with Gasteiger partial charge in [-0.2, -0.15) is 5.90 Å². The van der Waals surface area contributed by atoms with Crippen molar-refractivity contribution in [2.75, 3.05) is 6.61 Å². The summed E-state index contributed by atoms with van der Waals surface area (Å²) in [7, 11) is 0. The van der Waals surface area contributed by atoms with Crippen LogP contribution in [-0.4, -0.2) is 57.7 Å². The van der Waals surface area contributed by atoms with Crippen molar-refractivity contribution < 1.29 is 35.0 Å². The molecule has 0 aromatic rings. The lowest BCUT2D eigenvalue weighted by Crippen LogP contribution is -2.59. The molecule has 1 fully saturated rings. The van der Waals surface area contributed by atoms with Crippen LogP contribution in [0.25, 0.3) is 0 Å². The molecule has 6 N–H and O–H groups in total. The van der Waals surface area contributed by atoms with Gasteiger partial charge < -0.3 is 25.2 Å². The first-order valence-corrected chi connectivity index (χ1v) is 3.94. The normalized spacial score (nSPS) is 43.9. The number of ether oxygens (including phenoxy) is 1. The third-order valence-corrected chi connectivity index (χ3v) is 2.01. The summed E-state index contributed by atoms with van der Waals surface area (Å²) in [4.78, 5) is 8.05. The maximum atomic E-state index is 9.38. The Morgan fingerprint density at radius 2 is 1.86 bits per heavy atom. The third kappa shape index (κ3) is 2.19. The van der Waals surface area contributed by atoms with E-state index in [1.165, 1.54) is 0 Å². The quantitative estimate of drug-likeness (QED) is 0.241. The van der Waals surface area contributed by atoms with E-state index < -0.39 is 37.3 Å². The van der Waals surface area contributed by atoms with Crippen molar-refractivity contribution in [2.45, 2.75) is 30.7 Å². The standard InChI is InChI=1S/C6H13NO7/c7-14-13-5-4(10)3(9)2(1-8)12-6(5)11/h2-6,8-11H,1,7H2/t2-,3+,4+,5-,6-/m1/s1. The predicted octanol–water partition coefficient (Wildman–Crippen LogP) is -3.39. The number of rotatable bonds is 3. The van der Waals surface area contributed by atoms with Crippen molar-refractivity contribution in [3.05, 3.63) is 0 Å². The van der Waals surface area contributed by atoms with Crippen LogP contribution in [0.2, 0.25) is 0 Å². The predicted molar refractivity (Wildman–Crippen MR) is 40.1 cm³/mol. The first kappa shape index (κ1) is 11.8. The zero-order chi connectivity index (χ0) is 10.7. The molecule has 0 amide bonds. The van der Waals surface area contributed by atoms with Gasteiger partial charge in [0, 0.05) is 0 Å². The highest BCUT2D eigenvalue weighted by Crippen LogP contribution is 2.21. The molecule has 1 heterocycles. The monoisotopic (exact) mass is 211 g/mol. The van der Waals surface area contributed by atoms with Crippen molar-refractivity contribution in [2.24, 2.45) is 5.90 Å². The Morgan fingerprint density at radius 1 is 1.21 bits per heavy atom. The fourth-order valence-electron chi connectivity index (χ4n) is 1.24. The van der Waals surface area contributed by atoms with Gasteiger partial charge >= 0.3 is 0 Å². The summed E-state index contributed by atoms with van der Waals surface area (Å²) in [6, 6.07) is 0. The average Bonchev–Trinajstić information content (AvgIpc) is 2.18. The van der Waals surface area contributed by atoms with Crippen LogP contribution in [0.1, 0.15) is 0 Å². The van der Waals surface area contributed by atoms with Gasteiger partial charge in [0.2, 0.25) is 0 Å². The maximum Gasteiger partial charge on any atom is 0.187 e. The molecule has 0 spiro atoms. The average molecular weight is 211 g/mol. The van der Waals surface area contributed by atoms with Crippen LogP contribution in [0.15, 0.2) is 0 Å². The van der Waals surface area contributed by atoms with Gasteiger partial charge in [-0.05, 0) is 0 Å². The smallest absolute Gasteiger partial charge is 0.187 e. The Morgan fingerprint density at radius 3 is 2.36 bits per heavy atom. The minimum Gasteiger partial charge on any atom is -0.394 e. The number of aliphatic hydroxyl groups excluding tert-OH is 4. The van der Waals surface area contributed by atoms with Crippen molar-refractivity contribution in [3.63, 3.8) is 0 Å². The van der Waals surface area contributed by atoms with E-state index in [4.69, 9.17) is 9.84 Å². The van der Waals surface area contributed by atoms with Gasteiger partial charge in [0.15, 0.2) is 12.4 Å². The largest absolute Gasteiger partial charge is 0.394 e. The maximum absolute atomic E-state index is 9.38. The van der Waals surface area contributed by atoms with E-state index >= 15 is 0 Å². The van der Waals surface area contributed by atoms with Crippen LogP contribution in [-0.2, 0) is 14.6 Å². The minimum absolute atomic E-state index is 0.536. The molecule has 0 aliphatic carbocycles. The lowest BCUT2D eigenvalue weighted by molar-refractivity contribution is -0.405. The van der Waals surface area contributed by atoms with Crippen LogP contribution in [0, 0.1) is 0 Å². The van der Waals surface area contributed by atoms with E-state index in [1.54, 1.807) is 0 Å². The van der Waals surface area contributed by atoms with Crippen LogP contribution in [0.5, 0.6) is 0 Å². The summed E-state index contributed by atoms with van der Waals surface area (Å²) >= 11 is 0. The van der Waals surface area contributed by atoms with Crippen molar-refractivity contribution >= 4 is 0 Å². The first-order chi connectivity index (χ1) is 6.61. The highest BCUT2D eigenvalue weighted by Gasteiger charge is 2.45. The highest BCUT2D eigenvalue weighted by atomic mass is 17.3. The topological polar surface area (TPSA) is 135 Å². The molecule has 1 rings (SSSR count). The zero-order valence-corrected chi connectivity index (χ0v) is 7.18. The molecular weight excluding hydrogens is 198 g/mol. The van der Waals surface area contributed by atoms with E-state index in [0.717, 1.165) is 0 Å². The molecule has 0 radical (unpaired) electrons. The number of aliphatic hydroxyl groups is 4. The molecule has 0 aromatic carbocycles. The van der Waals surface area contributed by atoms with Crippen molar-refractivity contribution in [1.29, 1.82) is 0 Å². The molecule has 1 aliphatic rings. The fourth-order valence-corrected chi connectivity index (χ4v) is 1.24. The summed E-state index contributed by atoms with van der Waals surface area (Å²) in [5.41, 5.74) is 0. The van der Waals surface area contributed by atoms with Crippen LogP contribution < -0.4 is 5.90 Å². The third-order valence-electron chi connectivity index (χ3n) is 2.01. The molecule has 0 unspecified atom stereocenters. The molecule has 0 aromatic heterocycles. The number of hydrogen-bond donors (Lipinski definition) is 5. The Labute approximate surface area is 79.3 Å². The Balaban J connectivity index is 2.63. The van der Waals surface area contributed by atoms with Gasteiger partial charge in [-0.3, -0.25) is 0 Å². The van der Waals surface area contributed by atoms with Crippen molar-refractivity contribution in [1.82, 2.24) is 0 Å². The first-order valence-electron chi connectivity index (χ1n) is 3.94. The number of nitrogens with two attached hydrogens (primary N) is 1. The lowest BCUT2D eigenvalue weighted by atomic mass is 9.99. The molecule has 8 heteroatoms. The molecule has 1 saturated heterocycles. The Bertz CT molecular complexity index is 180. The van der Waals surface area contributed by atoms with Crippen LogP contribution in [0.3, 0.4) is 0 Å². The molecule has 5 atom stereocenters. The molecular formula is C6H13NO7. The van der Waals surface area contributed by atoms with E-state index in [2.05, 4.69) is 15.8 Å². The molecule has 84 valence electrons. The lowest BCUT2D eigenvalue weighted by Gasteiger charge is -2.38. The van der Waals surface area contributed by atoms with Gasteiger partial charge in [-0.15, -0.1) is 4.99 Å². The molecule has 8 nitrogen and oxygen atoms in total. The van der Waals surface area contributed by atoms with Gasteiger partial charge in [0.05, 0.1) is 6.61 Å². The van der Waals surface area contributed by atoms with Crippen LogP contribution >= 0.6 is 0 Å². The van der Waals surface area contributed by atoms with Gasteiger partial charge in [0.1, 0.15) is 18.3 Å². The zero-order valence-electron chi connectivity index (χ0n) is 7.18. The molecule has 0 bridgehead atoms. The summed E-state index contributed by atoms with van der Waals surface area (Å²) in [6.45, 7) is -0.536. The van der Waals surface area contributed by atoms with E-state index in [-0.39, 0.29) is 0 Å². The van der Waals surface area contributed by atoms with E-state index in [9.17, 15) is 15.3 Å². The second kappa shape index (κ2) is 4.96. The molecule has 14 heavy (non-hydrogen) atoms. The molecule has 1 aliphatic heterocycles. The SMILES string of the molecule is NOO[C@@H]1[C@@H](O)[C@@H](O)[C@@H](CO)O[C@H]1O. The summed E-state index contributed by atoms with van der Waals surface area (Å²) in [6.07, 6.45) is -6.77. The van der Waals surface area contributed by atoms with Gasteiger partial charge in [-0.25, -0.2) is 4.89 Å². The van der Waals surface area contributed by atoms with Crippen LogP contribution in [0.4, 0.5) is 0 Å². The highest BCUT2D eigenvalue weighted by molar-refractivity contribution is 4.88. The van der Waals surface area contributed by atoms with Gasteiger partial charge in [0.25, 0.3) is 0 Å². The van der Waals surface area contributed by atoms with Crippen molar-refractivity contribution in [3.8, 4) is 0 Å². The molecule has 0 saturated carbocycles. The van der Waals surface area contributed by atoms with E-state index in [0.29, 0.717) is 0 Å². The second-order valence-corrected chi connectivity index (χ2v) is 2.89.